The molecule has 2 N–H and O–H groups in total. The maximum atomic E-state index is 12.5. The first-order valence-electron chi connectivity index (χ1n) is 6.75. The van der Waals surface area contributed by atoms with Gasteiger partial charge in [0, 0.05) is 25.3 Å². The molecule has 0 aliphatic carbocycles. The summed E-state index contributed by atoms with van der Waals surface area (Å²) in [6, 6.07) is 2.05. The van der Waals surface area contributed by atoms with Crippen LogP contribution in [0.2, 0.25) is 0 Å². The van der Waals surface area contributed by atoms with Crippen molar-refractivity contribution in [3.63, 3.8) is 0 Å². The van der Waals surface area contributed by atoms with Crippen molar-refractivity contribution in [3.05, 3.63) is 18.0 Å². The van der Waals surface area contributed by atoms with E-state index < -0.39 is 0 Å². The highest BCUT2D eigenvalue weighted by Gasteiger charge is 2.24. The Bertz CT molecular complexity index is 436. The Hall–Kier alpha value is -1.45. The lowest BCUT2D eigenvalue weighted by Gasteiger charge is -2.31. The summed E-state index contributed by atoms with van der Waals surface area (Å²) in [4.78, 5) is 14.5. The molecule has 1 fully saturated rings. The number of nitrogen functional groups attached to an aromatic ring is 1. The lowest BCUT2D eigenvalue weighted by molar-refractivity contribution is 0.0670. The number of amides is 1. The summed E-state index contributed by atoms with van der Waals surface area (Å²) in [6.07, 6.45) is 4.17. The average Bonchev–Trinajstić information content (AvgIpc) is 2.70. The van der Waals surface area contributed by atoms with Crippen LogP contribution in [0.4, 0.5) is 5.69 Å². The van der Waals surface area contributed by atoms with Crippen LogP contribution in [-0.2, 0) is 0 Å². The zero-order chi connectivity index (χ0) is 13.3. The van der Waals surface area contributed by atoms with E-state index in [4.69, 9.17) is 5.73 Å². The van der Waals surface area contributed by atoms with Gasteiger partial charge in [0.2, 0.25) is 0 Å². The van der Waals surface area contributed by atoms with Crippen molar-refractivity contribution < 1.29 is 4.79 Å². The van der Waals surface area contributed by atoms with E-state index in [1.807, 2.05) is 15.7 Å². The zero-order valence-corrected chi connectivity index (χ0v) is 11.5. The Balaban J connectivity index is 2.22. The van der Waals surface area contributed by atoms with E-state index in [1.165, 1.54) is 6.42 Å². The van der Waals surface area contributed by atoms with Crippen LogP contribution in [0.1, 0.15) is 50.1 Å². The minimum Gasteiger partial charge on any atom is -0.397 e. The first-order valence-corrected chi connectivity index (χ1v) is 6.75. The lowest BCUT2D eigenvalue weighted by atomic mass is 10.00. The molecule has 1 aromatic heterocycles. The number of aromatic nitrogens is 1. The maximum absolute atomic E-state index is 12.5. The number of hydrogen-bond donors (Lipinski definition) is 1. The van der Waals surface area contributed by atoms with E-state index in [2.05, 4.69) is 20.8 Å². The number of rotatable bonds is 2. The number of carbonyl (C=O) groups is 1. The van der Waals surface area contributed by atoms with Crippen molar-refractivity contribution in [1.82, 2.24) is 9.47 Å². The van der Waals surface area contributed by atoms with Crippen molar-refractivity contribution in [2.45, 2.75) is 39.7 Å². The van der Waals surface area contributed by atoms with E-state index in [-0.39, 0.29) is 11.9 Å². The van der Waals surface area contributed by atoms with Crippen LogP contribution < -0.4 is 5.73 Å². The number of carbonyl (C=O) groups excluding carboxylic acids is 1. The highest BCUT2D eigenvalue weighted by atomic mass is 16.2. The molecule has 100 valence electrons. The van der Waals surface area contributed by atoms with Crippen LogP contribution in [-0.4, -0.2) is 28.5 Å². The van der Waals surface area contributed by atoms with Crippen molar-refractivity contribution >= 4 is 11.6 Å². The second-order valence-electron chi connectivity index (χ2n) is 5.66. The molecule has 1 amide bonds. The zero-order valence-electron chi connectivity index (χ0n) is 11.5. The van der Waals surface area contributed by atoms with Gasteiger partial charge < -0.3 is 15.2 Å². The number of anilines is 1. The fraction of sp³-hybridized carbons (Fsp3) is 0.643. The Morgan fingerprint density at radius 3 is 2.83 bits per heavy atom. The summed E-state index contributed by atoms with van der Waals surface area (Å²) in [5, 5.41) is 0. The van der Waals surface area contributed by atoms with Crippen LogP contribution in [0.15, 0.2) is 12.3 Å². The average molecular weight is 249 g/mol. The van der Waals surface area contributed by atoms with Gasteiger partial charge in [-0.2, -0.15) is 0 Å². The first-order chi connectivity index (χ1) is 8.49. The molecule has 4 nitrogen and oxygen atoms in total. The molecule has 1 atom stereocenters. The van der Waals surface area contributed by atoms with E-state index in [9.17, 15) is 4.79 Å². The molecule has 1 aliphatic heterocycles. The van der Waals surface area contributed by atoms with Gasteiger partial charge in [-0.05, 0) is 38.7 Å². The Morgan fingerprint density at radius 1 is 1.50 bits per heavy atom. The van der Waals surface area contributed by atoms with E-state index >= 15 is 0 Å². The van der Waals surface area contributed by atoms with Gasteiger partial charge in [-0.15, -0.1) is 0 Å². The molecule has 1 aliphatic rings. The predicted molar refractivity (Wildman–Crippen MR) is 73.5 cm³/mol. The summed E-state index contributed by atoms with van der Waals surface area (Å²) in [6.45, 7) is 8.06. The van der Waals surface area contributed by atoms with Crippen LogP contribution in [0.25, 0.3) is 0 Å². The maximum Gasteiger partial charge on any atom is 0.270 e. The summed E-state index contributed by atoms with van der Waals surface area (Å²) in [5.41, 5.74) is 7.20. The van der Waals surface area contributed by atoms with Gasteiger partial charge in [-0.25, -0.2) is 0 Å². The van der Waals surface area contributed by atoms with Crippen LogP contribution >= 0.6 is 0 Å². The molecule has 4 heteroatoms. The van der Waals surface area contributed by atoms with Crippen LogP contribution in [0, 0.1) is 5.92 Å². The second kappa shape index (κ2) is 5.04. The fourth-order valence-electron chi connectivity index (χ4n) is 2.64. The minimum absolute atomic E-state index is 0.118. The molecule has 2 rings (SSSR count). The van der Waals surface area contributed by atoms with Gasteiger partial charge in [0.25, 0.3) is 5.91 Å². The fourth-order valence-corrected chi connectivity index (χ4v) is 2.64. The van der Waals surface area contributed by atoms with Crippen molar-refractivity contribution in [2.75, 3.05) is 18.8 Å². The largest absolute Gasteiger partial charge is 0.397 e. The first kappa shape index (κ1) is 13.0. The van der Waals surface area contributed by atoms with Gasteiger partial charge in [0.05, 0.1) is 5.69 Å². The molecule has 1 aromatic rings. The monoisotopic (exact) mass is 249 g/mol. The molecule has 0 radical (unpaired) electrons. The summed E-state index contributed by atoms with van der Waals surface area (Å²) < 4.78 is 1.97. The van der Waals surface area contributed by atoms with Gasteiger partial charge in [-0.1, -0.05) is 6.92 Å². The summed E-state index contributed by atoms with van der Waals surface area (Å²) in [7, 11) is 0. The van der Waals surface area contributed by atoms with Crippen molar-refractivity contribution in [2.24, 2.45) is 5.92 Å². The second-order valence-corrected chi connectivity index (χ2v) is 5.66. The third-order valence-corrected chi connectivity index (χ3v) is 3.59. The Labute approximate surface area is 109 Å². The lowest BCUT2D eigenvalue weighted by Crippen LogP contribution is -2.40. The smallest absolute Gasteiger partial charge is 0.270 e. The van der Waals surface area contributed by atoms with E-state index in [0.29, 0.717) is 11.6 Å². The number of nitrogens with two attached hydrogens (primary N) is 1. The molecule has 0 aromatic carbocycles. The molecule has 1 unspecified atom stereocenters. The molecule has 0 bridgehead atoms. The summed E-state index contributed by atoms with van der Waals surface area (Å²) >= 11 is 0. The molecule has 18 heavy (non-hydrogen) atoms. The molecule has 2 heterocycles. The number of hydrogen-bond acceptors (Lipinski definition) is 2. The normalized spacial score (nSPS) is 20.4. The SMILES string of the molecule is CC1CCCN(C(=O)c2cc(N)cn2C(C)C)C1. The van der Waals surface area contributed by atoms with Gasteiger partial charge >= 0.3 is 0 Å². The third-order valence-electron chi connectivity index (χ3n) is 3.59. The van der Waals surface area contributed by atoms with E-state index in [0.717, 1.165) is 25.2 Å². The molecule has 0 saturated carbocycles. The summed E-state index contributed by atoms with van der Waals surface area (Å²) in [5.74, 6) is 0.717. The highest BCUT2D eigenvalue weighted by molar-refractivity contribution is 5.94. The predicted octanol–water partition coefficient (Wildman–Crippen LogP) is 2.52. The molecular formula is C14H23N3O. The third kappa shape index (κ3) is 2.52. The Morgan fingerprint density at radius 2 is 2.22 bits per heavy atom. The Kier molecular flexibility index (Phi) is 3.64. The number of likely N-dealkylation sites (tertiary alicyclic amines) is 1. The molecular weight excluding hydrogens is 226 g/mol. The van der Waals surface area contributed by atoms with Crippen LogP contribution in [0.5, 0.6) is 0 Å². The topological polar surface area (TPSA) is 51.3 Å². The number of piperidine rings is 1. The molecule has 0 spiro atoms. The van der Waals surface area contributed by atoms with Crippen molar-refractivity contribution in [3.8, 4) is 0 Å². The van der Waals surface area contributed by atoms with Crippen LogP contribution in [0.3, 0.4) is 0 Å². The van der Waals surface area contributed by atoms with Gasteiger partial charge in [0.15, 0.2) is 0 Å². The minimum atomic E-state index is 0.118. The van der Waals surface area contributed by atoms with Gasteiger partial charge in [-0.3, -0.25) is 4.79 Å². The van der Waals surface area contributed by atoms with E-state index in [1.54, 1.807) is 6.07 Å². The quantitative estimate of drug-likeness (QED) is 0.875. The highest BCUT2D eigenvalue weighted by Crippen LogP contribution is 2.22. The van der Waals surface area contributed by atoms with Crippen molar-refractivity contribution in [1.29, 1.82) is 0 Å². The van der Waals surface area contributed by atoms with Gasteiger partial charge in [0.1, 0.15) is 5.69 Å². The molecule has 1 saturated heterocycles. The standard InChI is InChI=1S/C14H23N3O/c1-10(2)17-9-12(15)7-13(17)14(18)16-6-4-5-11(3)8-16/h7,9-11H,4-6,8,15H2,1-3H3. The number of nitrogens with zero attached hydrogens (tertiary/aromatic N) is 2.